The number of rotatable bonds is 4. The van der Waals surface area contributed by atoms with Crippen LogP contribution in [0, 0.1) is 11.6 Å². The van der Waals surface area contributed by atoms with Crippen molar-refractivity contribution in [1.82, 2.24) is 4.98 Å². The van der Waals surface area contributed by atoms with E-state index >= 15 is 8.78 Å². The molecule has 0 N–H and O–H groups in total. The van der Waals surface area contributed by atoms with Crippen molar-refractivity contribution in [3.63, 3.8) is 0 Å². The highest BCUT2D eigenvalue weighted by Gasteiger charge is 2.22. The van der Waals surface area contributed by atoms with Gasteiger partial charge in [-0.3, -0.25) is 4.98 Å². The van der Waals surface area contributed by atoms with Gasteiger partial charge in [0.2, 0.25) is 0 Å². The Kier molecular flexibility index (Phi) is 6.43. The highest BCUT2D eigenvalue weighted by molar-refractivity contribution is 6.13. The van der Waals surface area contributed by atoms with E-state index in [9.17, 15) is 0 Å². The molecule has 7 rings (SSSR count). The lowest BCUT2D eigenvalue weighted by atomic mass is 9.87. The van der Waals surface area contributed by atoms with Crippen molar-refractivity contribution < 1.29 is 13.2 Å². The summed E-state index contributed by atoms with van der Waals surface area (Å²) in [5.41, 5.74) is 7.87. The summed E-state index contributed by atoms with van der Waals surface area (Å²) in [6, 6.07) is 36.9. The fraction of sp³-hybridized carbons (Fsp3) is 0.103. The Morgan fingerprint density at radius 2 is 1.14 bits per heavy atom. The first-order chi connectivity index (χ1) is 20.8. The molecule has 0 fully saturated rings. The first-order valence-electron chi connectivity index (χ1n) is 14.3. The van der Waals surface area contributed by atoms with E-state index in [2.05, 4.69) is 41.4 Å². The number of pyridine rings is 1. The average molecular weight is 566 g/mol. The van der Waals surface area contributed by atoms with Crippen LogP contribution in [0.3, 0.4) is 0 Å². The predicted octanol–water partition coefficient (Wildman–Crippen LogP) is 11.2. The van der Waals surface area contributed by atoms with E-state index in [0.717, 1.165) is 27.5 Å². The second kappa shape index (κ2) is 10.3. The van der Waals surface area contributed by atoms with Crippen molar-refractivity contribution in [2.75, 3.05) is 0 Å². The number of hydrogen-bond donors (Lipinski definition) is 0. The number of fused-ring (bicyclic) bond motifs is 3. The van der Waals surface area contributed by atoms with Crippen molar-refractivity contribution in [3.05, 3.63) is 139 Å². The van der Waals surface area contributed by atoms with Crippen LogP contribution in [0.15, 0.2) is 126 Å². The van der Waals surface area contributed by atoms with Crippen molar-refractivity contribution in [3.8, 4) is 44.6 Å². The van der Waals surface area contributed by atoms with Crippen LogP contribution in [0.25, 0.3) is 66.6 Å². The molecule has 0 aliphatic carbocycles. The van der Waals surface area contributed by atoms with Crippen molar-refractivity contribution in [1.29, 1.82) is 0 Å². The summed E-state index contributed by atoms with van der Waals surface area (Å²) in [5.74, 6) is -0.682. The summed E-state index contributed by atoms with van der Waals surface area (Å²) >= 11 is 0. The molecule has 2 heterocycles. The summed E-state index contributed by atoms with van der Waals surface area (Å²) in [7, 11) is 0. The largest absolute Gasteiger partial charge is 0.455 e. The van der Waals surface area contributed by atoms with E-state index in [4.69, 9.17) is 4.42 Å². The third-order valence-electron chi connectivity index (χ3n) is 8.05. The zero-order valence-electron chi connectivity index (χ0n) is 24.2. The maximum atomic E-state index is 15.5. The molecule has 0 unspecified atom stereocenters. The highest BCUT2D eigenvalue weighted by Crippen LogP contribution is 2.41. The molecule has 2 aromatic heterocycles. The molecule has 0 saturated heterocycles. The Hall–Kier alpha value is -5.09. The second-order valence-corrected chi connectivity index (χ2v) is 11.9. The molecule has 0 aliphatic heterocycles. The Bertz CT molecular complexity index is 2100. The summed E-state index contributed by atoms with van der Waals surface area (Å²) in [6.45, 7) is 5.87. The monoisotopic (exact) mass is 565 g/mol. The molecule has 0 amide bonds. The van der Waals surface area contributed by atoms with E-state index in [1.165, 1.54) is 17.7 Å². The van der Waals surface area contributed by atoms with Gasteiger partial charge in [0, 0.05) is 34.2 Å². The van der Waals surface area contributed by atoms with Crippen LogP contribution < -0.4 is 0 Å². The van der Waals surface area contributed by atoms with Crippen LogP contribution in [0.4, 0.5) is 8.78 Å². The summed E-state index contributed by atoms with van der Waals surface area (Å²) in [6.07, 6.45) is 1.59. The average Bonchev–Trinajstić information content (AvgIpc) is 3.40. The molecular formula is C39H29F2NO. The molecule has 0 atom stereocenters. The van der Waals surface area contributed by atoms with Gasteiger partial charge >= 0.3 is 0 Å². The van der Waals surface area contributed by atoms with Crippen LogP contribution in [-0.2, 0) is 5.41 Å². The third kappa shape index (κ3) is 4.79. The van der Waals surface area contributed by atoms with Crippen LogP contribution in [0.1, 0.15) is 26.3 Å². The zero-order valence-corrected chi connectivity index (χ0v) is 24.2. The van der Waals surface area contributed by atoms with Gasteiger partial charge in [-0.2, -0.15) is 0 Å². The maximum absolute atomic E-state index is 15.5. The minimum absolute atomic E-state index is 0.313. The van der Waals surface area contributed by atoms with E-state index in [1.807, 2.05) is 81.4 Å². The van der Waals surface area contributed by atoms with Crippen LogP contribution >= 0.6 is 0 Å². The number of furan rings is 1. The minimum Gasteiger partial charge on any atom is -0.455 e. The van der Waals surface area contributed by atoms with Crippen molar-refractivity contribution in [2.24, 2.45) is 0 Å². The van der Waals surface area contributed by atoms with Gasteiger partial charge in [-0.1, -0.05) is 112 Å². The van der Waals surface area contributed by atoms with Gasteiger partial charge in [0.05, 0.1) is 11.3 Å². The van der Waals surface area contributed by atoms with Gasteiger partial charge in [0.25, 0.3) is 0 Å². The van der Waals surface area contributed by atoms with Crippen LogP contribution in [0.5, 0.6) is 0 Å². The summed E-state index contributed by atoms with van der Waals surface area (Å²) < 4.78 is 37.0. The number of aromatic nitrogens is 1. The SMILES string of the molecule is CC(C)(C)c1cnc(-c2cccc3c2oc2c(-c4ccc(-c5ccc(-c6ccccc6)cc5)cc4)c(F)ccc23)cc1F. The number of benzene rings is 5. The van der Waals surface area contributed by atoms with Crippen LogP contribution in [-0.4, -0.2) is 4.98 Å². The van der Waals surface area contributed by atoms with Gasteiger partial charge in [0.15, 0.2) is 0 Å². The summed E-state index contributed by atoms with van der Waals surface area (Å²) in [5, 5.41) is 1.62. The Labute approximate surface area is 249 Å². The summed E-state index contributed by atoms with van der Waals surface area (Å²) in [4.78, 5) is 4.58. The van der Waals surface area contributed by atoms with Gasteiger partial charge in [-0.15, -0.1) is 0 Å². The minimum atomic E-state index is -0.369. The normalized spacial score (nSPS) is 11.8. The Morgan fingerprint density at radius 1 is 0.558 bits per heavy atom. The number of hydrogen-bond acceptors (Lipinski definition) is 2. The fourth-order valence-corrected chi connectivity index (χ4v) is 5.75. The number of nitrogens with zero attached hydrogens (tertiary/aromatic N) is 1. The predicted molar refractivity (Wildman–Crippen MR) is 172 cm³/mol. The number of halogens is 2. The first-order valence-corrected chi connectivity index (χ1v) is 14.3. The first kappa shape index (κ1) is 26.8. The molecule has 0 bridgehead atoms. The molecule has 0 saturated carbocycles. The molecule has 7 aromatic rings. The van der Waals surface area contributed by atoms with E-state index < -0.39 is 0 Å². The Morgan fingerprint density at radius 3 is 1.74 bits per heavy atom. The quantitative estimate of drug-likeness (QED) is 0.212. The molecule has 210 valence electrons. The highest BCUT2D eigenvalue weighted by atomic mass is 19.1. The molecule has 0 aliphatic rings. The zero-order chi connectivity index (χ0) is 29.7. The molecular weight excluding hydrogens is 536 g/mol. The molecule has 5 aromatic carbocycles. The molecule has 43 heavy (non-hydrogen) atoms. The van der Waals surface area contributed by atoms with E-state index in [-0.39, 0.29) is 17.0 Å². The fourth-order valence-electron chi connectivity index (χ4n) is 5.75. The lowest BCUT2D eigenvalue weighted by molar-refractivity contribution is 0.520. The lowest BCUT2D eigenvalue weighted by Gasteiger charge is -2.19. The van der Waals surface area contributed by atoms with E-state index in [0.29, 0.717) is 39.1 Å². The van der Waals surface area contributed by atoms with Gasteiger partial charge in [0.1, 0.15) is 22.8 Å². The molecule has 2 nitrogen and oxygen atoms in total. The smallest absolute Gasteiger partial charge is 0.146 e. The number of para-hydroxylation sites is 1. The van der Waals surface area contributed by atoms with Gasteiger partial charge in [-0.25, -0.2) is 8.78 Å². The van der Waals surface area contributed by atoms with Gasteiger partial charge < -0.3 is 4.42 Å². The van der Waals surface area contributed by atoms with Crippen LogP contribution in [0.2, 0.25) is 0 Å². The van der Waals surface area contributed by atoms with Crippen molar-refractivity contribution in [2.45, 2.75) is 26.2 Å². The van der Waals surface area contributed by atoms with E-state index in [1.54, 1.807) is 12.3 Å². The molecule has 0 spiro atoms. The third-order valence-corrected chi connectivity index (χ3v) is 8.05. The van der Waals surface area contributed by atoms with Crippen molar-refractivity contribution >= 4 is 21.9 Å². The van der Waals surface area contributed by atoms with Gasteiger partial charge in [-0.05, 0) is 51.4 Å². The molecule has 0 radical (unpaired) electrons. The molecule has 4 heteroatoms. The maximum Gasteiger partial charge on any atom is 0.146 e. The lowest BCUT2D eigenvalue weighted by Crippen LogP contribution is -2.14. The Balaban J connectivity index is 1.28. The standard InChI is InChI=1S/C39H29F2NO/c1-39(2,3)32-23-42-35(22-34(32)41)31-11-7-10-29-30-20-21-33(40)36(38(30)43-37(29)31)28-18-16-27(17-19-28)26-14-12-25(13-15-26)24-8-5-4-6-9-24/h4-23H,1-3H3. The second-order valence-electron chi connectivity index (χ2n) is 11.9. The topological polar surface area (TPSA) is 26.0 Å².